The van der Waals surface area contributed by atoms with E-state index in [2.05, 4.69) is 0 Å². The highest BCUT2D eigenvalue weighted by Crippen LogP contribution is 2.34. The van der Waals surface area contributed by atoms with Gasteiger partial charge < -0.3 is 9.84 Å². The smallest absolute Gasteiger partial charge is 0.339 e. The zero-order valence-electron chi connectivity index (χ0n) is 10.9. The van der Waals surface area contributed by atoms with Gasteiger partial charge in [0, 0.05) is 0 Å². The van der Waals surface area contributed by atoms with Gasteiger partial charge in [-0.05, 0) is 30.7 Å². The molecule has 0 aliphatic heterocycles. The lowest BCUT2D eigenvalue weighted by Gasteiger charge is -2.10. The lowest BCUT2D eigenvalue weighted by molar-refractivity contribution is -0.385. The number of nitro benzene ring substituents is 1. The van der Waals surface area contributed by atoms with Gasteiger partial charge in [-0.1, -0.05) is 12.1 Å². The van der Waals surface area contributed by atoms with Crippen molar-refractivity contribution in [3.8, 4) is 11.5 Å². The van der Waals surface area contributed by atoms with E-state index in [0.29, 0.717) is 0 Å². The van der Waals surface area contributed by atoms with Gasteiger partial charge in [-0.2, -0.15) is 0 Å². The van der Waals surface area contributed by atoms with Crippen LogP contribution in [0.2, 0.25) is 0 Å². The SMILES string of the molecule is Cc1cc(Oc2ccccc2C(=O)O)c([N+](=O)[O-])cc1F. The number of ether oxygens (including phenoxy) is 1. The average Bonchev–Trinajstić information content (AvgIpc) is 2.42. The molecule has 6 nitrogen and oxygen atoms in total. The maximum absolute atomic E-state index is 13.4. The number of para-hydroxylation sites is 1. The first kappa shape index (κ1) is 14.4. The Labute approximate surface area is 118 Å². The molecule has 0 radical (unpaired) electrons. The van der Waals surface area contributed by atoms with E-state index in [4.69, 9.17) is 9.84 Å². The van der Waals surface area contributed by atoms with Crippen molar-refractivity contribution < 1.29 is 24.0 Å². The Morgan fingerprint density at radius 2 is 1.95 bits per heavy atom. The van der Waals surface area contributed by atoms with Crippen molar-refractivity contribution in [2.45, 2.75) is 6.92 Å². The van der Waals surface area contributed by atoms with E-state index in [1.165, 1.54) is 31.2 Å². The van der Waals surface area contributed by atoms with Gasteiger partial charge in [-0.15, -0.1) is 0 Å². The van der Waals surface area contributed by atoms with Crippen LogP contribution in [0, 0.1) is 22.9 Å². The minimum atomic E-state index is -1.23. The molecular formula is C14H10FNO5. The molecule has 21 heavy (non-hydrogen) atoms. The molecule has 0 bridgehead atoms. The predicted molar refractivity (Wildman–Crippen MR) is 71.3 cm³/mol. The summed E-state index contributed by atoms with van der Waals surface area (Å²) in [5.74, 6) is -2.24. The van der Waals surface area contributed by atoms with Crippen molar-refractivity contribution in [1.29, 1.82) is 0 Å². The molecule has 2 aromatic rings. The van der Waals surface area contributed by atoms with Crippen LogP contribution in [0.25, 0.3) is 0 Å². The number of carbonyl (C=O) groups is 1. The van der Waals surface area contributed by atoms with E-state index in [1.807, 2.05) is 0 Å². The Bertz CT molecular complexity index is 729. The zero-order chi connectivity index (χ0) is 15.6. The number of aromatic carboxylic acids is 1. The van der Waals surface area contributed by atoms with E-state index >= 15 is 0 Å². The molecule has 108 valence electrons. The van der Waals surface area contributed by atoms with Crippen molar-refractivity contribution in [3.63, 3.8) is 0 Å². The number of aryl methyl sites for hydroxylation is 1. The molecule has 2 aromatic carbocycles. The third-order valence-corrected chi connectivity index (χ3v) is 2.77. The van der Waals surface area contributed by atoms with Gasteiger partial charge in [0.2, 0.25) is 5.75 Å². The highest BCUT2D eigenvalue weighted by molar-refractivity contribution is 5.91. The van der Waals surface area contributed by atoms with Crippen LogP contribution >= 0.6 is 0 Å². The summed E-state index contributed by atoms with van der Waals surface area (Å²) in [6.07, 6.45) is 0. The fraction of sp³-hybridized carbons (Fsp3) is 0.0714. The number of carboxylic acid groups (broad SMARTS) is 1. The lowest BCUT2D eigenvalue weighted by Crippen LogP contribution is -2.01. The second kappa shape index (κ2) is 5.58. The Morgan fingerprint density at radius 1 is 1.29 bits per heavy atom. The first-order valence-electron chi connectivity index (χ1n) is 5.85. The van der Waals surface area contributed by atoms with Gasteiger partial charge in [0.1, 0.15) is 17.1 Å². The van der Waals surface area contributed by atoms with Crippen LogP contribution in [0.1, 0.15) is 15.9 Å². The van der Waals surface area contributed by atoms with Crippen molar-refractivity contribution in [3.05, 3.63) is 63.5 Å². The topological polar surface area (TPSA) is 89.7 Å². The van der Waals surface area contributed by atoms with Crippen molar-refractivity contribution in [2.75, 3.05) is 0 Å². The molecule has 0 saturated heterocycles. The third kappa shape index (κ3) is 2.97. The number of hydrogen-bond donors (Lipinski definition) is 1. The van der Waals surface area contributed by atoms with E-state index in [0.717, 1.165) is 12.1 Å². The predicted octanol–water partition coefficient (Wildman–Crippen LogP) is 3.53. The maximum atomic E-state index is 13.4. The number of rotatable bonds is 4. The van der Waals surface area contributed by atoms with Gasteiger partial charge in [-0.25, -0.2) is 9.18 Å². The molecule has 0 aromatic heterocycles. The van der Waals surface area contributed by atoms with Crippen LogP contribution in [0.3, 0.4) is 0 Å². The Hall–Kier alpha value is -2.96. The Morgan fingerprint density at radius 3 is 2.57 bits per heavy atom. The number of carboxylic acids is 1. The molecule has 1 N–H and O–H groups in total. The monoisotopic (exact) mass is 291 g/mol. The number of nitrogens with zero attached hydrogens (tertiary/aromatic N) is 1. The summed E-state index contributed by atoms with van der Waals surface area (Å²) in [4.78, 5) is 21.2. The first-order valence-corrected chi connectivity index (χ1v) is 5.85. The summed E-state index contributed by atoms with van der Waals surface area (Å²) in [6.45, 7) is 1.43. The molecule has 7 heteroatoms. The quantitative estimate of drug-likeness (QED) is 0.687. The summed E-state index contributed by atoms with van der Waals surface area (Å²) >= 11 is 0. The summed E-state index contributed by atoms with van der Waals surface area (Å²) in [6, 6.07) is 7.61. The van der Waals surface area contributed by atoms with Crippen LogP contribution in [0.15, 0.2) is 36.4 Å². The fourth-order valence-corrected chi connectivity index (χ4v) is 1.72. The average molecular weight is 291 g/mol. The number of halogens is 1. The Kier molecular flexibility index (Phi) is 3.84. The van der Waals surface area contributed by atoms with Crippen LogP contribution in [0.4, 0.5) is 10.1 Å². The van der Waals surface area contributed by atoms with E-state index in [1.54, 1.807) is 0 Å². The van der Waals surface area contributed by atoms with Crippen LogP contribution in [-0.2, 0) is 0 Å². The van der Waals surface area contributed by atoms with E-state index < -0.39 is 22.4 Å². The molecule has 0 spiro atoms. The molecule has 0 aliphatic carbocycles. The molecule has 2 rings (SSSR count). The van der Waals surface area contributed by atoms with E-state index in [-0.39, 0.29) is 22.6 Å². The highest BCUT2D eigenvalue weighted by Gasteiger charge is 2.21. The lowest BCUT2D eigenvalue weighted by atomic mass is 10.2. The zero-order valence-corrected chi connectivity index (χ0v) is 10.9. The molecule has 0 amide bonds. The second-order valence-electron chi connectivity index (χ2n) is 4.23. The maximum Gasteiger partial charge on any atom is 0.339 e. The summed E-state index contributed by atoms with van der Waals surface area (Å²) in [5.41, 5.74) is -0.560. The molecule has 0 fully saturated rings. The van der Waals surface area contributed by atoms with Crippen molar-refractivity contribution in [1.82, 2.24) is 0 Å². The minimum Gasteiger partial charge on any atom is -0.478 e. The van der Waals surface area contributed by atoms with Crippen molar-refractivity contribution >= 4 is 11.7 Å². The van der Waals surface area contributed by atoms with Crippen LogP contribution < -0.4 is 4.74 Å². The van der Waals surface area contributed by atoms with Crippen LogP contribution in [-0.4, -0.2) is 16.0 Å². The Balaban J connectivity index is 2.52. The van der Waals surface area contributed by atoms with Crippen LogP contribution in [0.5, 0.6) is 11.5 Å². The summed E-state index contributed by atoms with van der Waals surface area (Å²) in [5, 5.41) is 20.0. The molecule has 0 aliphatic rings. The largest absolute Gasteiger partial charge is 0.478 e. The van der Waals surface area contributed by atoms with Gasteiger partial charge in [0.25, 0.3) is 0 Å². The summed E-state index contributed by atoms with van der Waals surface area (Å²) < 4.78 is 18.7. The summed E-state index contributed by atoms with van der Waals surface area (Å²) in [7, 11) is 0. The first-order chi connectivity index (χ1) is 9.90. The minimum absolute atomic E-state index is 0.0564. The van der Waals surface area contributed by atoms with Gasteiger partial charge in [-0.3, -0.25) is 10.1 Å². The van der Waals surface area contributed by atoms with E-state index in [9.17, 15) is 19.3 Å². The number of nitro groups is 1. The van der Waals surface area contributed by atoms with Gasteiger partial charge in [0.05, 0.1) is 11.0 Å². The molecular weight excluding hydrogens is 281 g/mol. The standard InChI is InChI=1S/C14H10FNO5/c1-8-6-13(11(16(19)20)7-10(8)15)21-12-5-3-2-4-9(12)14(17)18/h2-7H,1H3,(H,17,18). The fourth-order valence-electron chi connectivity index (χ4n) is 1.72. The molecule has 0 unspecified atom stereocenters. The molecule has 0 saturated carbocycles. The third-order valence-electron chi connectivity index (χ3n) is 2.77. The normalized spacial score (nSPS) is 10.2. The molecule has 0 heterocycles. The molecule has 0 atom stereocenters. The highest BCUT2D eigenvalue weighted by atomic mass is 19.1. The van der Waals surface area contributed by atoms with Crippen molar-refractivity contribution in [2.24, 2.45) is 0 Å². The number of hydrogen-bond acceptors (Lipinski definition) is 4. The number of benzene rings is 2. The second-order valence-corrected chi connectivity index (χ2v) is 4.23. The van der Waals surface area contributed by atoms with Gasteiger partial charge >= 0.3 is 11.7 Å². The van der Waals surface area contributed by atoms with Gasteiger partial charge in [0.15, 0.2) is 0 Å².